The van der Waals surface area contributed by atoms with Gasteiger partial charge in [0, 0.05) is 12.4 Å². The maximum Gasteiger partial charge on any atom is 0.257 e. The Morgan fingerprint density at radius 2 is 2.12 bits per heavy atom. The molecular weight excluding hydrogens is 208 g/mol. The molecule has 2 aromatic heterocycles. The first-order valence-corrected chi connectivity index (χ1v) is 4.89. The van der Waals surface area contributed by atoms with E-state index in [2.05, 4.69) is 15.1 Å². The van der Waals surface area contributed by atoms with Crippen molar-refractivity contribution in [3.05, 3.63) is 24.5 Å². The fraction of sp³-hybridized carbons (Fsp3) is 0.300. The third kappa shape index (κ3) is 2.10. The molecule has 2 aromatic rings. The van der Waals surface area contributed by atoms with Crippen molar-refractivity contribution in [2.45, 2.75) is 6.92 Å². The summed E-state index contributed by atoms with van der Waals surface area (Å²) in [7, 11) is 1.55. The molecule has 0 saturated heterocycles. The minimum atomic E-state index is 0.424. The zero-order chi connectivity index (χ0) is 11.4. The monoisotopic (exact) mass is 220 g/mol. The van der Waals surface area contributed by atoms with Crippen LogP contribution in [0.4, 0.5) is 0 Å². The first-order chi connectivity index (χ1) is 7.83. The Morgan fingerprint density at radius 3 is 2.75 bits per heavy atom. The predicted octanol–water partition coefficient (Wildman–Crippen LogP) is 1.07. The molecule has 0 aliphatic rings. The van der Waals surface area contributed by atoms with E-state index in [4.69, 9.17) is 9.47 Å². The lowest BCUT2D eigenvalue weighted by atomic mass is 10.6. The normalized spacial score (nSPS) is 10.1. The van der Waals surface area contributed by atoms with Gasteiger partial charge in [0.25, 0.3) is 5.95 Å². The molecule has 0 atom stereocenters. The van der Waals surface area contributed by atoms with E-state index < -0.39 is 0 Å². The second kappa shape index (κ2) is 4.61. The third-order valence-corrected chi connectivity index (χ3v) is 1.88. The van der Waals surface area contributed by atoms with Crippen molar-refractivity contribution >= 4 is 0 Å². The van der Waals surface area contributed by atoms with Crippen LogP contribution >= 0.6 is 0 Å². The van der Waals surface area contributed by atoms with Crippen LogP contribution in [-0.4, -0.2) is 33.5 Å². The Labute approximate surface area is 92.9 Å². The molecule has 6 nitrogen and oxygen atoms in total. The number of nitrogens with zero attached hydrogens (tertiary/aromatic N) is 4. The molecule has 0 spiro atoms. The maximum absolute atomic E-state index is 5.31. The van der Waals surface area contributed by atoms with Gasteiger partial charge in [-0.05, 0) is 13.0 Å². The van der Waals surface area contributed by atoms with Gasteiger partial charge in [0.05, 0.1) is 19.8 Å². The van der Waals surface area contributed by atoms with Gasteiger partial charge in [0.2, 0.25) is 11.8 Å². The lowest BCUT2D eigenvalue weighted by Gasteiger charge is -2.06. The molecule has 0 radical (unpaired) electrons. The molecular formula is C10H12N4O2. The third-order valence-electron chi connectivity index (χ3n) is 1.88. The second-order valence-electron chi connectivity index (χ2n) is 2.93. The fourth-order valence-corrected chi connectivity index (χ4v) is 1.21. The van der Waals surface area contributed by atoms with Crippen LogP contribution in [0.15, 0.2) is 24.5 Å². The first kappa shape index (κ1) is 10.4. The number of hydrogen-bond donors (Lipinski definition) is 0. The standard InChI is InChI=1S/C10H12N4O2/c1-3-16-9-7-8(15-2)12-10(13-9)14-6-4-5-11-14/h4-7H,3H2,1-2H3. The highest BCUT2D eigenvalue weighted by atomic mass is 16.5. The molecule has 2 heterocycles. The van der Waals surface area contributed by atoms with Gasteiger partial charge in [-0.2, -0.15) is 15.1 Å². The van der Waals surface area contributed by atoms with Crippen molar-refractivity contribution in [2.24, 2.45) is 0 Å². The Kier molecular flexibility index (Phi) is 3.00. The zero-order valence-corrected chi connectivity index (χ0v) is 9.12. The summed E-state index contributed by atoms with van der Waals surface area (Å²) in [6, 6.07) is 3.43. The largest absolute Gasteiger partial charge is 0.481 e. The Hall–Kier alpha value is -2.11. The summed E-state index contributed by atoms with van der Waals surface area (Å²) in [5.74, 6) is 1.34. The highest BCUT2D eigenvalue weighted by Gasteiger charge is 2.07. The van der Waals surface area contributed by atoms with Crippen molar-refractivity contribution in [2.75, 3.05) is 13.7 Å². The summed E-state index contributed by atoms with van der Waals surface area (Å²) >= 11 is 0. The van der Waals surface area contributed by atoms with Crippen LogP contribution in [0.25, 0.3) is 5.95 Å². The van der Waals surface area contributed by atoms with Gasteiger partial charge in [0.1, 0.15) is 0 Å². The van der Waals surface area contributed by atoms with Gasteiger partial charge in [-0.25, -0.2) is 4.68 Å². The van der Waals surface area contributed by atoms with E-state index in [-0.39, 0.29) is 0 Å². The van der Waals surface area contributed by atoms with Gasteiger partial charge in [-0.3, -0.25) is 0 Å². The zero-order valence-electron chi connectivity index (χ0n) is 9.12. The van der Waals surface area contributed by atoms with Crippen molar-refractivity contribution < 1.29 is 9.47 Å². The Morgan fingerprint density at radius 1 is 1.31 bits per heavy atom. The van der Waals surface area contributed by atoms with Crippen molar-refractivity contribution in [1.29, 1.82) is 0 Å². The predicted molar refractivity (Wildman–Crippen MR) is 56.9 cm³/mol. The molecule has 0 amide bonds. The van der Waals surface area contributed by atoms with Crippen LogP contribution in [0.1, 0.15) is 6.92 Å². The van der Waals surface area contributed by atoms with Crippen molar-refractivity contribution in [3.63, 3.8) is 0 Å². The van der Waals surface area contributed by atoms with E-state index >= 15 is 0 Å². The minimum Gasteiger partial charge on any atom is -0.481 e. The molecule has 0 bridgehead atoms. The summed E-state index contributed by atoms with van der Waals surface area (Å²) in [5.41, 5.74) is 0. The molecule has 0 aliphatic heterocycles. The molecule has 0 fully saturated rings. The lowest BCUT2D eigenvalue weighted by Crippen LogP contribution is -2.05. The van der Waals surface area contributed by atoms with Crippen molar-refractivity contribution in [1.82, 2.24) is 19.7 Å². The molecule has 84 valence electrons. The average molecular weight is 220 g/mol. The highest BCUT2D eigenvalue weighted by Crippen LogP contribution is 2.16. The van der Waals surface area contributed by atoms with E-state index in [0.717, 1.165) is 0 Å². The minimum absolute atomic E-state index is 0.424. The number of methoxy groups -OCH3 is 1. The summed E-state index contributed by atoms with van der Waals surface area (Å²) < 4.78 is 11.9. The Bertz CT molecular complexity index is 456. The molecule has 0 aliphatic carbocycles. The molecule has 16 heavy (non-hydrogen) atoms. The van der Waals surface area contributed by atoms with Crippen LogP contribution in [0.2, 0.25) is 0 Å². The SMILES string of the molecule is CCOc1cc(OC)nc(-n2cccn2)n1. The molecule has 6 heteroatoms. The molecule has 0 unspecified atom stereocenters. The summed E-state index contributed by atoms with van der Waals surface area (Å²) in [4.78, 5) is 8.36. The number of aromatic nitrogens is 4. The topological polar surface area (TPSA) is 62.1 Å². The van der Waals surface area contributed by atoms with Crippen LogP contribution in [0.5, 0.6) is 11.8 Å². The molecule has 0 N–H and O–H groups in total. The summed E-state index contributed by atoms with van der Waals surface area (Å²) in [6.07, 6.45) is 3.41. The van der Waals surface area contributed by atoms with Crippen LogP contribution in [0, 0.1) is 0 Å². The van der Waals surface area contributed by atoms with E-state index in [0.29, 0.717) is 24.3 Å². The van der Waals surface area contributed by atoms with E-state index in [1.165, 1.54) is 0 Å². The highest BCUT2D eigenvalue weighted by molar-refractivity contribution is 5.26. The van der Waals surface area contributed by atoms with Gasteiger partial charge >= 0.3 is 0 Å². The average Bonchev–Trinajstić information content (AvgIpc) is 2.82. The van der Waals surface area contributed by atoms with Crippen LogP contribution in [0.3, 0.4) is 0 Å². The molecule has 0 aromatic carbocycles. The smallest absolute Gasteiger partial charge is 0.257 e. The summed E-state index contributed by atoms with van der Waals surface area (Å²) in [5, 5.41) is 4.04. The number of rotatable bonds is 4. The first-order valence-electron chi connectivity index (χ1n) is 4.89. The molecule has 0 saturated carbocycles. The molecule has 2 rings (SSSR count). The maximum atomic E-state index is 5.31. The van der Waals surface area contributed by atoms with Gasteiger partial charge in [-0.1, -0.05) is 0 Å². The second-order valence-corrected chi connectivity index (χ2v) is 2.93. The Balaban J connectivity index is 2.41. The van der Waals surface area contributed by atoms with Crippen LogP contribution < -0.4 is 9.47 Å². The summed E-state index contributed by atoms with van der Waals surface area (Å²) in [6.45, 7) is 2.43. The fourth-order valence-electron chi connectivity index (χ4n) is 1.21. The number of ether oxygens (including phenoxy) is 2. The van der Waals surface area contributed by atoms with Gasteiger partial charge in [0.15, 0.2) is 0 Å². The van der Waals surface area contributed by atoms with Gasteiger partial charge < -0.3 is 9.47 Å². The van der Waals surface area contributed by atoms with Crippen LogP contribution in [-0.2, 0) is 0 Å². The van der Waals surface area contributed by atoms with E-state index in [9.17, 15) is 0 Å². The lowest BCUT2D eigenvalue weighted by molar-refractivity contribution is 0.319. The quantitative estimate of drug-likeness (QED) is 0.771. The number of hydrogen-bond acceptors (Lipinski definition) is 5. The van der Waals surface area contributed by atoms with Gasteiger partial charge in [-0.15, -0.1) is 0 Å². The van der Waals surface area contributed by atoms with E-state index in [1.54, 1.807) is 36.3 Å². The van der Waals surface area contributed by atoms with Crippen molar-refractivity contribution in [3.8, 4) is 17.7 Å². The van der Waals surface area contributed by atoms with E-state index in [1.807, 2.05) is 6.92 Å².